The van der Waals surface area contributed by atoms with Crippen LogP contribution in [0.5, 0.6) is 0 Å². The third-order valence-electron chi connectivity index (χ3n) is 2.91. The van der Waals surface area contributed by atoms with E-state index in [1.54, 1.807) is 17.9 Å². The van der Waals surface area contributed by atoms with Crippen LogP contribution in [0, 0.1) is 0 Å². The summed E-state index contributed by atoms with van der Waals surface area (Å²) in [6.07, 6.45) is 3.19. The van der Waals surface area contributed by atoms with Crippen LogP contribution in [-0.4, -0.2) is 38.6 Å². The molecule has 7 nitrogen and oxygen atoms in total. The lowest BCUT2D eigenvalue weighted by atomic mass is 10.2. The molecule has 0 aliphatic carbocycles. The minimum absolute atomic E-state index is 0.290. The van der Waals surface area contributed by atoms with Gasteiger partial charge in [0, 0.05) is 12.2 Å². The van der Waals surface area contributed by atoms with Gasteiger partial charge < -0.3 is 15.7 Å². The fraction of sp³-hybridized carbons (Fsp3) is 0.357. The highest BCUT2D eigenvalue weighted by atomic mass is 16.3. The van der Waals surface area contributed by atoms with Gasteiger partial charge in [-0.25, -0.2) is 14.5 Å². The predicted octanol–water partition coefficient (Wildman–Crippen LogP) is 1.22. The van der Waals surface area contributed by atoms with Gasteiger partial charge in [-0.2, -0.15) is 5.10 Å². The molecule has 0 radical (unpaired) electrons. The Hall–Kier alpha value is -2.41. The second-order valence-corrected chi connectivity index (χ2v) is 4.77. The molecule has 2 amide bonds. The minimum Gasteiger partial charge on any atom is -0.393 e. The number of carbonyl (C=O) groups excluding carboxylic acids is 1. The Balaban J connectivity index is 1.95. The first-order valence-electron chi connectivity index (χ1n) is 6.78. The largest absolute Gasteiger partial charge is 0.393 e. The van der Waals surface area contributed by atoms with Crippen molar-refractivity contribution >= 4 is 11.7 Å². The summed E-state index contributed by atoms with van der Waals surface area (Å²) >= 11 is 0. The quantitative estimate of drug-likeness (QED) is 0.745. The first-order chi connectivity index (χ1) is 10.1. The Bertz CT molecular complexity index is 569. The summed E-state index contributed by atoms with van der Waals surface area (Å²) in [6.45, 7) is 2.64. The number of rotatable bonds is 6. The third kappa shape index (κ3) is 4.88. The van der Waals surface area contributed by atoms with Crippen molar-refractivity contribution in [3.63, 3.8) is 0 Å². The molecule has 3 N–H and O–H groups in total. The first-order valence-corrected chi connectivity index (χ1v) is 6.78. The zero-order valence-electron chi connectivity index (χ0n) is 11.9. The van der Waals surface area contributed by atoms with E-state index in [1.165, 1.54) is 6.33 Å². The van der Waals surface area contributed by atoms with Crippen molar-refractivity contribution in [2.24, 2.45) is 0 Å². The van der Waals surface area contributed by atoms with Gasteiger partial charge >= 0.3 is 6.03 Å². The lowest BCUT2D eigenvalue weighted by Gasteiger charge is -2.12. The lowest BCUT2D eigenvalue weighted by Crippen LogP contribution is -2.31. The number of para-hydroxylation sites is 1. The second-order valence-electron chi connectivity index (χ2n) is 4.77. The lowest BCUT2D eigenvalue weighted by molar-refractivity contribution is 0.184. The molecule has 112 valence electrons. The topological polar surface area (TPSA) is 92.1 Å². The van der Waals surface area contributed by atoms with E-state index in [9.17, 15) is 4.79 Å². The van der Waals surface area contributed by atoms with E-state index < -0.39 is 6.10 Å². The molecule has 1 aromatic heterocycles. The van der Waals surface area contributed by atoms with E-state index in [1.807, 2.05) is 24.3 Å². The van der Waals surface area contributed by atoms with Crippen molar-refractivity contribution < 1.29 is 9.90 Å². The Labute approximate surface area is 123 Å². The Morgan fingerprint density at radius 1 is 1.43 bits per heavy atom. The average molecular weight is 289 g/mol. The molecule has 0 spiro atoms. The number of aliphatic hydroxyl groups excluding tert-OH is 1. The highest BCUT2D eigenvalue weighted by Crippen LogP contribution is 2.15. The number of aromatic nitrogens is 3. The van der Waals surface area contributed by atoms with Gasteiger partial charge in [0.2, 0.25) is 0 Å². The average Bonchev–Trinajstić information content (AvgIpc) is 2.93. The van der Waals surface area contributed by atoms with E-state index in [4.69, 9.17) is 5.11 Å². The number of amides is 2. The molecule has 1 unspecified atom stereocenters. The Kier molecular flexibility index (Phi) is 5.28. The summed E-state index contributed by atoms with van der Waals surface area (Å²) in [5, 5.41) is 18.7. The van der Waals surface area contributed by atoms with Crippen LogP contribution in [0.3, 0.4) is 0 Å². The van der Waals surface area contributed by atoms with E-state index >= 15 is 0 Å². The maximum absolute atomic E-state index is 11.8. The zero-order valence-corrected chi connectivity index (χ0v) is 11.9. The maximum atomic E-state index is 11.8. The molecule has 0 fully saturated rings. The normalized spacial score (nSPS) is 11.9. The second kappa shape index (κ2) is 7.39. The molecule has 21 heavy (non-hydrogen) atoms. The number of aliphatic hydroxyl groups is 1. The van der Waals surface area contributed by atoms with Gasteiger partial charge in [0.1, 0.15) is 12.7 Å². The molecular weight excluding hydrogens is 270 g/mol. The van der Waals surface area contributed by atoms with Crippen molar-refractivity contribution in [3.8, 4) is 0 Å². The fourth-order valence-electron chi connectivity index (χ4n) is 1.83. The van der Waals surface area contributed by atoms with E-state index in [2.05, 4.69) is 20.7 Å². The third-order valence-corrected chi connectivity index (χ3v) is 2.91. The number of hydrogen-bond donors (Lipinski definition) is 3. The Morgan fingerprint density at radius 3 is 2.95 bits per heavy atom. The van der Waals surface area contributed by atoms with Crippen molar-refractivity contribution in [2.45, 2.75) is 26.0 Å². The van der Waals surface area contributed by atoms with Crippen molar-refractivity contribution in [1.29, 1.82) is 0 Å². The van der Waals surface area contributed by atoms with Crippen LogP contribution < -0.4 is 10.6 Å². The molecule has 0 saturated heterocycles. The Morgan fingerprint density at radius 2 is 2.24 bits per heavy atom. The van der Waals surface area contributed by atoms with Crippen LogP contribution in [0.2, 0.25) is 0 Å². The van der Waals surface area contributed by atoms with Crippen LogP contribution in [0.25, 0.3) is 0 Å². The van der Waals surface area contributed by atoms with Gasteiger partial charge in [-0.05, 0) is 25.0 Å². The zero-order chi connectivity index (χ0) is 15.1. The number of nitrogens with one attached hydrogen (secondary N) is 2. The minimum atomic E-state index is -0.426. The van der Waals surface area contributed by atoms with Crippen molar-refractivity contribution in [3.05, 3.63) is 42.5 Å². The van der Waals surface area contributed by atoms with Crippen molar-refractivity contribution in [2.75, 3.05) is 11.9 Å². The number of hydrogen-bond acceptors (Lipinski definition) is 4. The number of anilines is 1. The summed E-state index contributed by atoms with van der Waals surface area (Å²) in [5.74, 6) is 0. The highest BCUT2D eigenvalue weighted by Gasteiger charge is 2.07. The molecule has 2 rings (SSSR count). The van der Waals surface area contributed by atoms with Gasteiger partial charge in [-0.15, -0.1) is 0 Å². The molecular formula is C14H19N5O2. The van der Waals surface area contributed by atoms with Crippen LogP contribution in [0.1, 0.15) is 18.9 Å². The molecule has 1 heterocycles. The van der Waals surface area contributed by atoms with Crippen LogP contribution in [0.15, 0.2) is 36.9 Å². The van der Waals surface area contributed by atoms with Gasteiger partial charge in [0.15, 0.2) is 0 Å². The van der Waals surface area contributed by atoms with Gasteiger partial charge in [-0.1, -0.05) is 18.2 Å². The highest BCUT2D eigenvalue weighted by molar-refractivity contribution is 5.90. The standard InChI is InChI=1S/C14H19N5O2/c1-11(20)6-7-16-14(21)18-13-5-3-2-4-12(13)8-19-10-15-9-17-19/h2-5,9-11,20H,6-8H2,1H3,(H2,16,18,21). The van der Waals surface area contributed by atoms with E-state index in [-0.39, 0.29) is 6.03 Å². The number of benzene rings is 1. The maximum Gasteiger partial charge on any atom is 0.319 e. The molecule has 0 aliphatic heterocycles. The fourth-order valence-corrected chi connectivity index (χ4v) is 1.83. The van der Waals surface area contributed by atoms with Gasteiger partial charge in [0.25, 0.3) is 0 Å². The smallest absolute Gasteiger partial charge is 0.319 e. The summed E-state index contributed by atoms with van der Waals surface area (Å²) < 4.78 is 1.69. The molecule has 1 aromatic carbocycles. The summed E-state index contributed by atoms with van der Waals surface area (Å²) in [7, 11) is 0. The number of carbonyl (C=O) groups is 1. The van der Waals surface area contributed by atoms with Crippen LogP contribution >= 0.6 is 0 Å². The molecule has 0 aliphatic rings. The van der Waals surface area contributed by atoms with E-state index in [0.29, 0.717) is 19.5 Å². The predicted molar refractivity (Wildman–Crippen MR) is 78.9 cm³/mol. The molecule has 0 bridgehead atoms. The first kappa shape index (κ1) is 15.0. The summed E-state index contributed by atoms with van der Waals surface area (Å²) in [5.41, 5.74) is 1.66. The van der Waals surface area contributed by atoms with E-state index in [0.717, 1.165) is 11.3 Å². The monoisotopic (exact) mass is 289 g/mol. The van der Waals surface area contributed by atoms with Crippen LogP contribution in [0.4, 0.5) is 10.5 Å². The summed E-state index contributed by atoms with van der Waals surface area (Å²) in [6, 6.07) is 7.23. The molecule has 0 saturated carbocycles. The molecule has 7 heteroatoms. The van der Waals surface area contributed by atoms with Crippen LogP contribution in [-0.2, 0) is 6.54 Å². The molecule has 1 atom stereocenters. The molecule has 2 aromatic rings. The number of nitrogens with zero attached hydrogens (tertiary/aromatic N) is 3. The van der Waals surface area contributed by atoms with Crippen molar-refractivity contribution in [1.82, 2.24) is 20.1 Å². The summed E-state index contributed by atoms with van der Waals surface area (Å²) in [4.78, 5) is 15.7. The van der Waals surface area contributed by atoms with Gasteiger partial charge in [-0.3, -0.25) is 0 Å². The SMILES string of the molecule is CC(O)CCNC(=O)Nc1ccccc1Cn1cncn1. The number of urea groups is 1. The van der Waals surface area contributed by atoms with Gasteiger partial charge in [0.05, 0.1) is 12.6 Å².